The van der Waals surface area contributed by atoms with Gasteiger partial charge in [0.25, 0.3) is 0 Å². The molecule has 6 heteroatoms. The zero-order valence-electron chi connectivity index (χ0n) is 14.8. The van der Waals surface area contributed by atoms with E-state index in [1.807, 2.05) is 32.9 Å². The van der Waals surface area contributed by atoms with E-state index in [2.05, 4.69) is 10.3 Å². The Balaban J connectivity index is 1.69. The number of benzene rings is 1. The Morgan fingerprint density at radius 1 is 1.12 bits per heavy atom. The monoisotopic (exact) mass is 352 g/mol. The van der Waals surface area contributed by atoms with Crippen molar-refractivity contribution < 1.29 is 18.7 Å². The van der Waals surface area contributed by atoms with Crippen LogP contribution >= 0.6 is 0 Å². The maximum absolute atomic E-state index is 12.3. The fourth-order valence-corrected chi connectivity index (χ4v) is 2.40. The molecule has 2 N–H and O–H groups in total. The molecule has 0 unspecified atom stereocenters. The molecule has 0 fully saturated rings. The Morgan fingerprint density at radius 3 is 2.46 bits per heavy atom. The van der Waals surface area contributed by atoms with Crippen molar-refractivity contribution in [1.82, 2.24) is 4.98 Å². The second-order valence-electron chi connectivity index (χ2n) is 6.81. The largest absolute Gasteiger partial charge is 0.461 e. The first-order chi connectivity index (χ1) is 12.3. The summed E-state index contributed by atoms with van der Waals surface area (Å²) in [5.74, 6) is 0.119. The van der Waals surface area contributed by atoms with E-state index in [9.17, 15) is 9.59 Å². The number of hydrogen-bond donors (Lipinski definition) is 2. The van der Waals surface area contributed by atoms with Gasteiger partial charge in [-0.3, -0.25) is 10.1 Å². The maximum Gasteiger partial charge on any atom is 0.412 e. The summed E-state index contributed by atoms with van der Waals surface area (Å²) in [6.07, 6.45) is 2.61. The van der Waals surface area contributed by atoms with Crippen LogP contribution in [0.2, 0.25) is 0 Å². The lowest BCUT2D eigenvalue weighted by Gasteiger charge is -2.19. The van der Waals surface area contributed by atoms with Gasteiger partial charge in [0, 0.05) is 23.1 Å². The van der Waals surface area contributed by atoms with E-state index < -0.39 is 11.7 Å². The number of furan rings is 1. The number of H-pyrrole nitrogens is 1. The molecule has 0 saturated carbocycles. The number of anilines is 1. The fourth-order valence-electron chi connectivity index (χ4n) is 2.40. The molecule has 0 spiro atoms. The number of carbonyl (C=O) groups excluding carboxylic acids is 2. The van der Waals surface area contributed by atoms with Crippen molar-refractivity contribution in [2.45, 2.75) is 26.4 Å². The summed E-state index contributed by atoms with van der Waals surface area (Å²) in [6.45, 7) is 5.42. The van der Waals surface area contributed by atoms with Crippen LogP contribution < -0.4 is 5.32 Å². The number of ketones is 1. The molecular formula is C20H20N2O4. The second kappa shape index (κ2) is 6.92. The van der Waals surface area contributed by atoms with Crippen molar-refractivity contribution in [1.29, 1.82) is 0 Å². The molecule has 3 rings (SSSR count). The third-order valence-corrected chi connectivity index (χ3v) is 3.53. The standard InChI is InChI=1S/C20H20N2O4/c1-20(2,3)26-19(24)22-15-8-6-13(7-9-15)16-11-14(12-21-16)18(23)17-5-4-10-25-17/h4-12,21H,1-3H3,(H,22,24). The van der Waals surface area contributed by atoms with Crippen molar-refractivity contribution in [2.24, 2.45) is 0 Å². The molecular weight excluding hydrogens is 332 g/mol. The van der Waals surface area contributed by atoms with Crippen LogP contribution in [0.4, 0.5) is 10.5 Å². The van der Waals surface area contributed by atoms with Crippen LogP contribution in [0, 0.1) is 0 Å². The maximum atomic E-state index is 12.3. The molecule has 26 heavy (non-hydrogen) atoms. The number of aromatic amines is 1. The third kappa shape index (κ3) is 4.22. The van der Waals surface area contributed by atoms with Crippen molar-refractivity contribution in [3.05, 3.63) is 66.2 Å². The van der Waals surface area contributed by atoms with Crippen LogP contribution in [0.25, 0.3) is 11.3 Å². The minimum atomic E-state index is -0.550. The van der Waals surface area contributed by atoms with Crippen molar-refractivity contribution in [2.75, 3.05) is 5.32 Å². The van der Waals surface area contributed by atoms with Gasteiger partial charge < -0.3 is 14.1 Å². The van der Waals surface area contributed by atoms with Crippen molar-refractivity contribution >= 4 is 17.6 Å². The van der Waals surface area contributed by atoms with Gasteiger partial charge in [0.05, 0.1) is 6.26 Å². The second-order valence-corrected chi connectivity index (χ2v) is 6.81. The summed E-state index contributed by atoms with van der Waals surface area (Å²) in [4.78, 5) is 27.1. The summed E-state index contributed by atoms with van der Waals surface area (Å²) in [5.41, 5.74) is 2.28. The van der Waals surface area contributed by atoms with E-state index in [-0.39, 0.29) is 5.78 Å². The van der Waals surface area contributed by atoms with Crippen LogP contribution in [-0.2, 0) is 4.74 Å². The van der Waals surface area contributed by atoms with Gasteiger partial charge in [0.1, 0.15) is 5.60 Å². The van der Waals surface area contributed by atoms with E-state index in [1.54, 1.807) is 36.5 Å². The Bertz CT molecular complexity index is 900. The highest BCUT2D eigenvalue weighted by molar-refractivity contribution is 6.07. The van der Waals surface area contributed by atoms with Crippen LogP contribution in [0.1, 0.15) is 36.9 Å². The molecule has 1 amide bonds. The zero-order chi connectivity index (χ0) is 18.7. The number of carbonyl (C=O) groups is 2. The van der Waals surface area contributed by atoms with E-state index in [0.29, 0.717) is 17.0 Å². The van der Waals surface area contributed by atoms with Gasteiger partial charge in [-0.25, -0.2) is 4.79 Å². The SMILES string of the molecule is CC(C)(C)OC(=O)Nc1ccc(-c2cc(C(=O)c3ccco3)c[nH]2)cc1. The van der Waals surface area contributed by atoms with E-state index in [1.165, 1.54) is 6.26 Å². The Kier molecular flexibility index (Phi) is 4.67. The normalized spacial score (nSPS) is 11.2. The molecule has 1 aromatic carbocycles. The van der Waals surface area contributed by atoms with Gasteiger partial charge in [-0.2, -0.15) is 0 Å². The van der Waals surface area contributed by atoms with Crippen molar-refractivity contribution in [3.63, 3.8) is 0 Å². The Morgan fingerprint density at radius 2 is 1.85 bits per heavy atom. The van der Waals surface area contributed by atoms with E-state index >= 15 is 0 Å². The summed E-state index contributed by atoms with van der Waals surface area (Å²) in [7, 11) is 0. The highest BCUT2D eigenvalue weighted by atomic mass is 16.6. The number of rotatable bonds is 4. The lowest BCUT2D eigenvalue weighted by Crippen LogP contribution is -2.27. The van der Waals surface area contributed by atoms with Gasteiger partial charge in [0.15, 0.2) is 5.76 Å². The molecule has 0 aliphatic heterocycles. The zero-order valence-corrected chi connectivity index (χ0v) is 14.8. The average molecular weight is 352 g/mol. The minimum absolute atomic E-state index is 0.180. The average Bonchev–Trinajstić information content (AvgIpc) is 3.25. The molecule has 2 heterocycles. The van der Waals surface area contributed by atoms with Crippen LogP contribution in [0.15, 0.2) is 59.3 Å². The number of ether oxygens (including phenoxy) is 1. The van der Waals surface area contributed by atoms with Gasteiger partial charge in [0.2, 0.25) is 5.78 Å². The first kappa shape index (κ1) is 17.5. The van der Waals surface area contributed by atoms with Gasteiger partial charge >= 0.3 is 6.09 Å². The first-order valence-corrected chi connectivity index (χ1v) is 8.19. The molecule has 0 aliphatic rings. The van der Waals surface area contributed by atoms with Gasteiger partial charge in [-0.15, -0.1) is 0 Å². The van der Waals surface area contributed by atoms with E-state index in [0.717, 1.165) is 11.3 Å². The molecule has 0 radical (unpaired) electrons. The Labute approximate surface area is 151 Å². The fraction of sp³-hybridized carbons (Fsp3) is 0.200. The quantitative estimate of drug-likeness (QED) is 0.657. The molecule has 0 saturated heterocycles. The smallest absolute Gasteiger partial charge is 0.412 e. The lowest BCUT2D eigenvalue weighted by atomic mass is 10.1. The third-order valence-electron chi connectivity index (χ3n) is 3.53. The molecule has 134 valence electrons. The van der Waals surface area contributed by atoms with Crippen LogP contribution in [-0.4, -0.2) is 22.5 Å². The summed E-state index contributed by atoms with van der Waals surface area (Å²) >= 11 is 0. The Hall–Kier alpha value is -3.28. The molecule has 6 nitrogen and oxygen atoms in total. The number of hydrogen-bond acceptors (Lipinski definition) is 4. The lowest BCUT2D eigenvalue weighted by molar-refractivity contribution is 0.0635. The summed E-state index contributed by atoms with van der Waals surface area (Å²) in [5, 5.41) is 2.68. The first-order valence-electron chi connectivity index (χ1n) is 8.19. The minimum Gasteiger partial charge on any atom is -0.461 e. The highest BCUT2D eigenvalue weighted by Gasteiger charge is 2.17. The van der Waals surface area contributed by atoms with Crippen LogP contribution in [0.5, 0.6) is 0 Å². The van der Waals surface area contributed by atoms with Crippen molar-refractivity contribution in [3.8, 4) is 11.3 Å². The number of aromatic nitrogens is 1. The summed E-state index contributed by atoms with van der Waals surface area (Å²) in [6, 6.07) is 12.3. The molecule has 2 aromatic heterocycles. The number of amides is 1. The summed E-state index contributed by atoms with van der Waals surface area (Å²) < 4.78 is 10.4. The van der Waals surface area contributed by atoms with Gasteiger partial charge in [-0.1, -0.05) is 12.1 Å². The molecule has 0 bridgehead atoms. The highest BCUT2D eigenvalue weighted by Crippen LogP contribution is 2.23. The molecule has 0 atom stereocenters. The van der Waals surface area contributed by atoms with Crippen LogP contribution in [0.3, 0.4) is 0 Å². The predicted octanol–water partition coefficient (Wildman–Crippen LogP) is 4.85. The van der Waals surface area contributed by atoms with Gasteiger partial charge in [-0.05, 0) is 56.7 Å². The van der Waals surface area contributed by atoms with E-state index in [4.69, 9.17) is 9.15 Å². The topological polar surface area (TPSA) is 84.3 Å². The molecule has 3 aromatic rings. The predicted molar refractivity (Wildman–Crippen MR) is 98.2 cm³/mol. The number of nitrogens with one attached hydrogen (secondary N) is 2. The molecule has 0 aliphatic carbocycles.